The molecule has 0 fully saturated rings. The molecule has 3 rings (SSSR count). The van der Waals surface area contributed by atoms with E-state index in [2.05, 4.69) is 0 Å². The highest BCUT2D eigenvalue weighted by atomic mass is 32.1. The monoisotopic (exact) mass is 316 g/mol. The molecule has 5 nitrogen and oxygen atoms in total. The van der Waals surface area contributed by atoms with Crippen molar-refractivity contribution in [2.75, 3.05) is 6.54 Å². The maximum atomic E-state index is 12.5. The lowest BCUT2D eigenvalue weighted by Crippen LogP contribution is -2.30. The van der Waals surface area contributed by atoms with Crippen LogP contribution in [0.5, 0.6) is 0 Å². The number of carbonyl (C=O) groups excluding carboxylic acids is 2. The Morgan fingerprint density at radius 3 is 2.82 bits per heavy atom. The Balaban J connectivity index is 1.84. The molecular weight excluding hydrogens is 300 g/mol. The molecule has 2 heterocycles. The summed E-state index contributed by atoms with van der Waals surface area (Å²) in [5.41, 5.74) is 4.19. The van der Waals surface area contributed by atoms with Crippen molar-refractivity contribution < 1.29 is 14.8 Å². The van der Waals surface area contributed by atoms with E-state index in [0.717, 1.165) is 28.8 Å². The lowest BCUT2D eigenvalue weighted by Gasteiger charge is -2.20. The normalized spacial score (nSPS) is 14.1. The predicted octanol–water partition coefficient (Wildman–Crippen LogP) is 2.46. The first-order valence-electron chi connectivity index (χ1n) is 7.08. The Hall–Kier alpha value is -2.18. The van der Waals surface area contributed by atoms with Gasteiger partial charge in [-0.2, -0.15) is 0 Å². The third kappa shape index (κ3) is 2.88. The molecule has 0 radical (unpaired) electrons. The quantitative estimate of drug-likeness (QED) is 0.660. The van der Waals surface area contributed by atoms with E-state index in [0.29, 0.717) is 18.7 Å². The van der Waals surface area contributed by atoms with Crippen LogP contribution in [0, 0.1) is 0 Å². The molecule has 0 unspecified atom stereocenters. The van der Waals surface area contributed by atoms with E-state index in [9.17, 15) is 9.59 Å². The fraction of sp³-hybridized carbons (Fsp3) is 0.250. The molecule has 2 aromatic rings. The molecule has 114 valence electrons. The standard InChI is InChI=1S/C16H16N2O3S/c19-15(17-21)12-5-6-13-10-18(7-1-3-11(13)9-12)16(20)14-4-2-8-22-14/h2,4-6,8-9,21H,1,3,7,10H2,(H,17,19). The molecule has 0 saturated heterocycles. The summed E-state index contributed by atoms with van der Waals surface area (Å²) in [5.74, 6) is -0.460. The molecule has 22 heavy (non-hydrogen) atoms. The Bertz CT molecular complexity index is 697. The number of nitrogens with zero attached hydrogens (tertiary/aromatic N) is 1. The zero-order valence-corrected chi connectivity index (χ0v) is 12.7. The maximum absolute atomic E-state index is 12.5. The van der Waals surface area contributed by atoms with Crippen molar-refractivity contribution in [3.8, 4) is 0 Å². The van der Waals surface area contributed by atoms with Crippen LogP contribution in [-0.4, -0.2) is 28.5 Å². The van der Waals surface area contributed by atoms with Gasteiger partial charge in [0.2, 0.25) is 0 Å². The van der Waals surface area contributed by atoms with E-state index < -0.39 is 5.91 Å². The van der Waals surface area contributed by atoms with Gasteiger partial charge in [0.25, 0.3) is 11.8 Å². The van der Waals surface area contributed by atoms with Crippen LogP contribution in [0.1, 0.15) is 37.6 Å². The average molecular weight is 316 g/mol. The number of thiophene rings is 1. The Morgan fingerprint density at radius 2 is 2.09 bits per heavy atom. The Morgan fingerprint density at radius 1 is 1.23 bits per heavy atom. The van der Waals surface area contributed by atoms with Gasteiger partial charge < -0.3 is 4.90 Å². The van der Waals surface area contributed by atoms with Crippen LogP contribution >= 0.6 is 11.3 Å². The van der Waals surface area contributed by atoms with Gasteiger partial charge in [0.1, 0.15) is 0 Å². The minimum atomic E-state index is -0.515. The van der Waals surface area contributed by atoms with Crippen molar-refractivity contribution in [2.24, 2.45) is 0 Å². The summed E-state index contributed by atoms with van der Waals surface area (Å²) in [4.78, 5) is 26.6. The number of aryl methyl sites for hydroxylation is 1. The zero-order valence-electron chi connectivity index (χ0n) is 11.9. The highest BCUT2D eigenvalue weighted by molar-refractivity contribution is 7.12. The third-order valence-electron chi connectivity index (χ3n) is 3.82. The zero-order chi connectivity index (χ0) is 15.5. The van der Waals surface area contributed by atoms with Gasteiger partial charge in [-0.3, -0.25) is 14.8 Å². The Kier molecular flexibility index (Phi) is 4.22. The van der Waals surface area contributed by atoms with Gasteiger partial charge in [0, 0.05) is 18.7 Å². The van der Waals surface area contributed by atoms with E-state index in [1.807, 2.05) is 28.5 Å². The van der Waals surface area contributed by atoms with Crippen molar-refractivity contribution in [1.29, 1.82) is 0 Å². The molecule has 6 heteroatoms. The van der Waals surface area contributed by atoms with Crippen molar-refractivity contribution in [3.63, 3.8) is 0 Å². The number of nitrogens with one attached hydrogen (secondary N) is 1. The summed E-state index contributed by atoms with van der Waals surface area (Å²) >= 11 is 1.45. The van der Waals surface area contributed by atoms with E-state index in [1.165, 1.54) is 11.3 Å². The maximum Gasteiger partial charge on any atom is 0.274 e. The summed E-state index contributed by atoms with van der Waals surface area (Å²) < 4.78 is 0. The number of hydroxylamine groups is 1. The Labute approximate surface area is 132 Å². The van der Waals surface area contributed by atoms with Crippen LogP contribution in [-0.2, 0) is 13.0 Å². The van der Waals surface area contributed by atoms with Crippen molar-refractivity contribution in [1.82, 2.24) is 10.4 Å². The van der Waals surface area contributed by atoms with Crippen molar-refractivity contribution in [2.45, 2.75) is 19.4 Å². The molecule has 1 aromatic heterocycles. The minimum absolute atomic E-state index is 0.0556. The summed E-state index contributed by atoms with van der Waals surface area (Å²) in [6.07, 6.45) is 1.67. The second-order valence-corrected chi connectivity index (χ2v) is 6.18. The van der Waals surface area contributed by atoms with Gasteiger partial charge in [-0.25, -0.2) is 5.48 Å². The first kappa shape index (κ1) is 14.7. The fourth-order valence-corrected chi connectivity index (χ4v) is 3.38. The van der Waals surface area contributed by atoms with Crippen LogP contribution in [0.25, 0.3) is 0 Å². The van der Waals surface area contributed by atoms with Gasteiger partial charge in [-0.15, -0.1) is 11.3 Å². The van der Waals surface area contributed by atoms with Gasteiger partial charge in [0.15, 0.2) is 0 Å². The van der Waals surface area contributed by atoms with Crippen LogP contribution < -0.4 is 5.48 Å². The first-order chi connectivity index (χ1) is 10.7. The van der Waals surface area contributed by atoms with Crippen molar-refractivity contribution >= 4 is 23.2 Å². The van der Waals surface area contributed by atoms with E-state index in [-0.39, 0.29) is 5.91 Å². The number of rotatable bonds is 2. The smallest absolute Gasteiger partial charge is 0.274 e. The second kappa shape index (κ2) is 6.29. The second-order valence-electron chi connectivity index (χ2n) is 5.23. The average Bonchev–Trinajstić information content (AvgIpc) is 2.99. The van der Waals surface area contributed by atoms with Gasteiger partial charge >= 0.3 is 0 Å². The largest absolute Gasteiger partial charge is 0.334 e. The van der Waals surface area contributed by atoms with E-state index in [4.69, 9.17) is 5.21 Å². The van der Waals surface area contributed by atoms with Crippen LogP contribution in [0.3, 0.4) is 0 Å². The number of hydrogen-bond acceptors (Lipinski definition) is 4. The third-order valence-corrected chi connectivity index (χ3v) is 4.68. The molecular formula is C16H16N2O3S. The van der Waals surface area contributed by atoms with Gasteiger partial charge in [-0.1, -0.05) is 12.1 Å². The number of fused-ring (bicyclic) bond motifs is 1. The molecule has 2 N–H and O–H groups in total. The highest BCUT2D eigenvalue weighted by Crippen LogP contribution is 2.22. The predicted molar refractivity (Wildman–Crippen MR) is 83.1 cm³/mol. The minimum Gasteiger partial charge on any atom is -0.334 e. The molecule has 1 aromatic carbocycles. The van der Waals surface area contributed by atoms with Crippen LogP contribution in [0.4, 0.5) is 0 Å². The van der Waals surface area contributed by atoms with E-state index in [1.54, 1.807) is 17.6 Å². The van der Waals surface area contributed by atoms with Gasteiger partial charge in [-0.05, 0) is 47.5 Å². The number of amides is 2. The SMILES string of the molecule is O=C(NO)c1ccc2c(c1)CCCN(C(=O)c1cccs1)C2. The molecule has 2 amide bonds. The molecule has 0 saturated carbocycles. The van der Waals surface area contributed by atoms with Crippen LogP contribution in [0.15, 0.2) is 35.7 Å². The highest BCUT2D eigenvalue weighted by Gasteiger charge is 2.21. The molecule has 0 bridgehead atoms. The summed E-state index contributed by atoms with van der Waals surface area (Å²) in [5, 5.41) is 10.6. The first-order valence-corrected chi connectivity index (χ1v) is 7.96. The van der Waals surface area contributed by atoms with Crippen molar-refractivity contribution in [3.05, 3.63) is 57.3 Å². The lowest BCUT2D eigenvalue weighted by atomic mass is 10.0. The summed E-state index contributed by atoms with van der Waals surface area (Å²) in [6, 6.07) is 9.04. The number of hydrogen-bond donors (Lipinski definition) is 2. The molecule has 1 aliphatic heterocycles. The number of benzene rings is 1. The molecule has 1 aliphatic rings. The van der Waals surface area contributed by atoms with E-state index >= 15 is 0 Å². The fourth-order valence-electron chi connectivity index (χ4n) is 2.69. The van der Waals surface area contributed by atoms with Gasteiger partial charge in [0.05, 0.1) is 4.88 Å². The molecule has 0 spiro atoms. The summed E-state index contributed by atoms with van der Waals surface area (Å²) in [7, 11) is 0. The molecule has 0 atom stereocenters. The van der Waals surface area contributed by atoms with Crippen LogP contribution in [0.2, 0.25) is 0 Å². The number of carbonyl (C=O) groups is 2. The topological polar surface area (TPSA) is 69.6 Å². The molecule has 0 aliphatic carbocycles. The lowest BCUT2D eigenvalue weighted by molar-refractivity contribution is 0.0705. The summed E-state index contributed by atoms with van der Waals surface area (Å²) in [6.45, 7) is 1.25.